The Kier molecular flexibility index (Phi) is 6.09. The van der Waals surface area contributed by atoms with Gasteiger partial charge < -0.3 is 19.5 Å². The highest BCUT2D eigenvalue weighted by molar-refractivity contribution is 7.89. The third-order valence-corrected chi connectivity index (χ3v) is 7.37. The number of nitrogens with two attached hydrogens (primary N) is 1. The smallest absolute Gasteiger partial charge is 0.238 e. The van der Waals surface area contributed by atoms with Gasteiger partial charge in [-0.25, -0.2) is 13.6 Å². The molecule has 0 amide bonds. The van der Waals surface area contributed by atoms with Gasteiger partial charge in [-0.1, -0.05) is 30.7 Å². The number of fused-ring (bicyclic) bond motifs is 1. The number of Topliss-reactive ketones (excluding diaryl/α,β-unsaturated/α-hetero) is 1. The Hall–Kier alpha value is -3.08. The zero-order chi connectivity index (χ0) is 24.8. The molecule has 2 aromatic rings. The molecular formula is C23H23ClN2O7S. The molecule has 2 unspecified atom stereocenters. The van der Waals surface area contributed by atoms with Crippen molar-refractivity contribution in [2.24, 2.45) is 11.1 Å². The van der Waals surface area contributed by atoms with Gasteiger partial charge >= 0.3 is 0 Å². The summed E-state index contributed by atoms with van der Waals surface area (Å²) < 4.78 is 39.4. The number of primary sulfonamides is 1. The molecule has 0 saturated carbocycles. The standard InChI is InChI=1S/C23H23ClN2O7S/c1-12-8-14(26-11-13-4-6-15(7-5-13)34(25,29)30)9-18(27)23(12)22(28)19-16(31-2)10-17(32-3)20(24)21(19)33-23/h4-7,9-10,12,26H,8,11H2,1-3H3,(H2,25,29,30). The lowest BCUT2D eigenvalue weighted by Crippen LogP contribution is -2.55. The molecule has 1 aliphatic heterocycles. The first-order valence-electron chi connectivity index (χ1n) is 10.3. The molecule has 9 nitrogen and oxygen atoms in total. The van der Waals surface area contributed by atoms with Crippen LogP contribution >= 0.6 is 11.6 Å². The number of sulfonamides is 1. The lowest BCUT2D eigenvalue weighted by molar-refractivity contribution is -0.129. The van der Waals surface area contributed by atoms with Crippen molar-refractivity contribution in [1.29, 1.82) is 0 Å². The van der Waals surface area contributed by atoms with Gasteiger partial charge in [-0.3, -0.25) is 9.59 Å². The lowest BCUT2D eigenvalue weighted by Gasteiger charge is -2.35. The molecule has 2 aliphatic rings. The molecule has 34 heavy (non-hydrogen) atoms. The maximum absolute atomic E-state index is 13.5. The maximum atomic E-state index is 13.5. The summed E-state index contributed by atoms with van der Waals surface area (Å²) in [6.45, 7) is 2.10. The average Bonchev–Trinajstić information content (AvgIpc) is 3.11. The van der Waals surface area contributed by atoms with E-state index in [1.54, 1.807) is 19.1 Å². The quantitative estimate of drug-likeness (QED) is 0.571. The molecule has 0 aromatic heterocycles. The van der Waals surface area contributed by atoms with Gasteiger partial charge in [0.05, 0.1) is 19.1 Å². The van der Waals surface area contributed by atoms with E-state index >= 15 is 0 Å². The summed E-state index contributed by atoms with van der Waals surface area (Å²) in [6, 6.07) is 7.58. The fourth-order valence-electron chi connectivity index (χ4n) is 4.26. The number of methoxy groups -OCH3 is 2. The number of ether oxygens (including phenoxy) is 3. The van der Waals surface area contributed by atoms with E-state index in [1.165, 1.54) is 38.5 Å². The minimum absolute atomic E-state index is 0.0149. The summed E-state index contributed by atoms with van der Waals surface area (Å²) in [5, 5.41) is 8.39. The van der Waals surface area contributed by atoms with E-state index in [0.717, 1.165) is 5.56 Å². The predicted molar refractivity (Wildman–Crippen MR) is 124 cm³/mol. The number of hydrogen-bond donors (Lipinski definition) is 2. The molecule has 1 aliphatic carbocycles. The normalized spacial score (nSPS) is 21.7. The second-order valence-electron chi connectivity index (χ2n) is 8.15. The van der Waals surface area contributed by atoms with Crippen molar-refractivity contribution < 1.29 is 32.2 Å². The zero-order valence-corrected chi connectivity index (χ0v) is 20.2. The minimum Gasteiger partial charge on any atom is -0.496 e. The van der Waals surface area contributed by atoms with Gasteiger partial charge in [0.2, 0.25) is 27.2 Å². The van der Waals surface area contributed by atoms with Gasteiger partial charge in [-0.15, -0.1) is 0 Å². The molecule has 11 heteroatoms. The fraction of sp³-hybridized carbons (Fsp3) is 0.304. The largest absolute Gasteiger partial charge is 0.496 e. The van der Waals surface area contributed by atoms with Crippen LogP contribution in [0, 0.1) is 5.92 Å². The number of rotatable bonds is 6. The molecule has 4 rings (SSSR count). The second-order valence-corrected chi connectivity index (χ2v) is 10.1. The monoisotopic (exact) mass is 506 g/mol. The number of nitrogens with one attached hydrogen (secondary N) is 1. The summed E-state index contributed by atoms with van der Waals surface area (Å²) in [7, 11) is -0.936. The van der Waals surface area contributed by atoms with Crippen molar-refractivity contribution in [2.45, 2.75) is 30.4 Å². The number of hydrogen-bond acceptors (Lipinski definition) is 8. The SMILES string of the molecule is COc1cc(OC)c2c(c1Cl)OC1(C(=O)C=C(NCc3ccc(S(N)(=O)=O)cc3)CC1C)C2=O. The highest BCUT2D eigenvalue weighted by Crippen LogP contribution is 2.52. The summed E-state index contributed by atoms with van der Waals surface area (Å²) in [5.74, 6) is -0.961. The number of benzene rings is 2. The summed E-state index contributed by atoms with van der Waals surface area (Å²) in [4.78, 5) is 26.8. The van der Waals surface area contributed by atoms with Crippen molar-refractivity contribution in [3.05, 3.63) is 58.3 Å². The predicted octanol–water partition coefficient (Wildman–Crippen LogP) is 2.60. The third kappa shape index (κ3) is 3.81. The van der Waals surface area contributed by atoms with Crippen molar-refractivity contribution in [2.75, 3.05) is 14.2 Å². The highest BCUT2D eigenvalue weighted by atomic mass is 35.5. The van der Waals surface area contributed by atoms with Crippen LogP contribution in [0.1, 0.15) is 29.3 Å². The lowest BCUT2D eigenvalue weighted by atomic mass is 9.74. The Labute approximate surface area is 201 Å². The number of carbonyl (C=O) groups excluding carboxylic acids is 2. The molecule has 2 aromatic carbocycles. The first-order valence-corrected chi connectivity index (χ1v) is 12.2. The van der Waals surface area contributed by atoms with Crippen LogP contribution in [0.5, 0.6) is 17.2 Å². The Bertz CT molecular complexity index is 1320. The van der Waals surface area contributed by atoms with Gasteiger partial charge in [-0.2, -0.15) is 0 Å². The topological polar surface area (TPSA) is 134 Å². The molecule has 1 heterocycles. The third-order valence-electron chi connectivity index (χ3n) is 6.08. The van der Waals surface area contributed by atoms with E-state index in [4.69, 9.17) is 31.0 Å². The maximum Gasteiger partial charge on any atom is 0.238 e. The highest BCUT2D eigenvalue weighted by Gasteiger charge is 2.60. The number of carbonyl (C=O) groups is 2. The van der Waals surface area contributed by atoms with E-state index in [-0.39, 0.29) is 32.7 Å². The van der Waals surface area contributed by atoms with Crippen molar-refractivity contribution >= 4 is 33.2 Å². The molecule has 1 spiro atoms. The second kappa shape index (κ2) is 8.61. The first kappa shape index (κ1) is 24.1. The van der Waals surface area contributed by atoms with Crippen LogP contribution in [0.15, 0.2) is 47.0 Å². The van der Waals surface area contributed by atoms with Crippen molar-refractivity contribution in [3.8, 4) is 17.2 Å². The van der Waals surface area contributed by atoms with E-state index in [2.05, 4.69) is 5.32 Å². The summed E-state index contributed by atoms with van der Waals surface area (Å²) in [6.07, 6.45) is 1.72. The van der Waals surface area contributed by atoms with Gasteiger partial charge in [0.1, 0.15) is 22.1 Å². The molecule has 0 bridgehead atoms. The zero-order valence-electron chi connectivity index (χ0n) is 18.7. The minimum atomic E-state index is -3.77. The molecule has 180 valence electrons. The van der Waals surface area contributed by atoms with Crippen LogP contribution in [-0.4, -0.2) is 39.8 Å². The molecule has 0 fully saturated rings. The van der Waals surface area contributed by atoms with Gasteiger partial charge in [0.25, 0.3) is 0 Å². The van der Waals surface area contributed by atoms with Crippen LogP contribution in [0.25, 0.3) is 0 Å². The number of allylic oxidation sites excluding steroid dienone is 1. The molecule has 0 radical (unpaired) electrons. The number of halogens is 1. The van der Waals surface area contributed by atoms with Crippen LogP contribution in [0.4, 0.5) is 0 Å². The van der Waals surface area contributed by atoms with Gasteiger partial charge in [-0.05, 0) is 24.1 Å². The van der Waals surface area contributed by atoms with Gasteiger partial charge in [0.15, 0.2) is 5.75 Å². The molecule has 2 atom stereocenters. The molecule has 0 saturated heterocycles. The Morgan fingerprint density at radius 2 is 1.82 bits per heavy atom. The number of ketones is 2. The van der Waals surface area contributed by atoms with Gasteiger partial charge in [0, 0.05) is 30.3 Å². The van der Waals surface area contributed by atoms with Crippen LogP contribution in [0.3, 0.4) is 0 Å². The Morgan fingerprint density at radius 3 is 2.38 bits per heavy atom. The Morgan fingerprint density at radius 1 is 1.18 bits per heavy atom. The van der Waals surface area contributed by atoms with E-state index in [0.29, 0.717) is 18.7 Å². The van der Waals surface area contributed by atoms with Crippen LogP contribution < -0.4 is 24.7 Å². The molecular weight excluding hydrogens is 484 g/mol. The van der Waals surface area contributed by atoms with Crippen LogP contribution in [-0.2, 0) is 21.4 Å². The van der Waals surface area contributed by atoms with E-state index in [9.17, 15) is 18.0 Å². The Balaban J connectivity index is 1.58. The van der Waals surface area contributed by atoms with Crippen molar-refractivity contribution in [1.82, 2.24) is 5.32 Å². The van der Waals surface area contributed by atoms with E-state index in [1.807, 2.05) is 0 Å². The fourth-order valence-corrected chi connectivity index (χ4v) is 5.04. The van der Waals surface area contributed by atoms with Crippen molar-refractivity contribution in [3.63, 3.8) is 0 Å². The molecule has 3 N–H and O–H groups in total. The summed E-state index contributed by atoms with van der Waals surface area (Å²) in [5.41, 5.74) is -0.207. The van der Waals surface area contributed by atoms with E-state index < -0.39 is 33.1 Å². The summed E-state index contributed by atoms with van der Waals surface area (Å²) >= 11 is 6.39. The first-order chi connectivity index (χ1) is 16.0. The average molecular weight is 507 g/mol. The van der Waals surface area contributed by atoms with Crippen LogP contribution in [0.2, 0.25) is 5.02 Å².